The molecule has 5 heteroatoms. The van der Waals surface area contributed by atoms with Gasteiger partial charge in [-0.05, 0) is 22.9 Å². The smallest absolute Gasteiger partial charge is 0.195 e. The lowest BCUT2D eigenvalue weighted by atomic mass is 10.3. The molecule has 0 fully saturated rings. The molecule has 1 aromatic rings. The van der Waals surface area contributed by atoms with Crippen LogP contribution in [0, 0.1) is 0 Å². The third kappa shape index (κ3) is 1.56. The van der Waals surface area contributed by atoms with Crippen molar-refractivity contribution in [2.75, 3.05) is 6.54 Å². The number of halogens is 1. The monoisotopic (exact) mass is 231 g/mol. The van der Waals surface area contributed by atoms with Crippen molar-refractivity contribution in [1.29, 1.82) is 0 Å². The average Bonchev–Trinajstić information content (AvgIpc) is 2.45. The first-order chi connectivity index (χ1) is 5.70. The van der Waals surface area contributed by atoms with Gasteiger partial charge in [-0.2, -0.15) is 5.10 Å². The molecule has 12 heavy (non-hydrogen) atoms. The van der Waals surface area contributed by atoms with Crippen LogP contribution >= 0.6 is 15.9 Å². The van der Waals surface area contributed by atoms with Gasteiger partial charge >= 0.3 is 0 Å². The Morgan fingerprint density at radius 2 is 2.50 bits per heavy atom. The number of hydrogen-bond acceptors (Lipinski definition) is 3. The second-order valence-corrected chi connectivity index (χ2v) is 3.14. The minimum absolute atomic E-state index is 0.0181. The molecule has 0 unspecified atom stereocenters. The van der Waals surface area contributed by atoms with Crippen LogP contribution in [0.5, 0.6) is 0 Å². The zero-order valence-electron chi connectivity index (χ0n) is 6.75. The molecule has 66 valence electrons. The number of rotatable bonds is 3. The van der Waals surface area contributed by atoms with Crippen LogP contribution in [0.3, 0.4) is 0 Å². The van der Waals surface area contributed by atoms with E-state index < -0.39 is 0 Å². The van der Waals surface area contributed by atoms with E-state index in [0.29, 0.717) is 16.7 Å². The molecule has 0 aromatic carbocycles. The lowest BCUT2D eigenvalue weighted by Gasteiger charge is -2.01. The maximum atomic E-state index is 11.3. The summed E-state index contributed by atoms with van der Waals surface area (Å²) in [5.41, 5.74) is 5.80. The quantitative estimate of drug-likeness (QED) is 0.784. The van der Waals surface area contributed by atoms with Gasteiger partial charge < -0.3 is 5.73 Å². The van der Waals surface area contributed by atoms with E-state index in [1.165, 1.54) is 0 Å². The van der Waals surface area contributed by atoms with Crippen LogP contribution in [-0.4, -0.2) is 22.1 Å². The Bertz CT molecular complexity index is 295. The van der Waals surface area contributed by atoms with Gasteiger partial charge in [-0.15, -0.1) is 0 Å². The largest absolute Gasteiger partial charge is 0.324 e. The van der Waals surface area contributed by atoms with Crippen molar-refractivity contribution < 1.29 is 4.79 Å². The summed E-state index contributed by atoms with van der Waals surface area (Å²) in [6, 6.07) is 0. The average molecular weight is 232 g/mol. The zero-order valence-corrected chi connectivity index (χ0v) is 8.34. The van der Waals surface area contributed by atoms with Crippen molar-refractivity contribution in [2.24, 2.45) is 5.73 Å². The van der Waals surface area contributed by atoms with Crippen LogP contribution in [0.15, 0.2) is 10.7 Å². The van der Waals surface area contributed by atoms with E-state index in [1.54, 1.807) is 10.9 Å². The normalized spacial score (nSPS) is 10.2. The fourth-order valence-corrected chi connectivity index (χ4v) is 1.49. The molecule has 0 aliphatic heterocycles. The maximum Gasteiger partial charge on any atom is 0.195 e. The van der Waals surface area contributed by atoms with Crippen LogP contribution in [0.4, 0.5) is 0 Å². The summed E-state index contributed by atoms with van der Waals surface area (Å²) in [5, 5.41) is 4.00. The van der Waals surface area contributed by atoms with E-state index in [9.17, 15) is 4.79 Å². The predicted molar refractivity (Wildman–Crippen MR) is 49.0 cm³/mol. The number of carbonyl (C=O) groups excluding carboxylic acids is 1. The second-order valence-electron chi connectivity index (χ2n) is 2.28. The number of aromatic nitrogens is 2. The molecule has 0 bridgehead atoms. The highest BCUT2D eigenvalue weighted by atomic mass is 79.9. The first kappa shape index (κ1) is 9.41. The van der Waals surface area contributed by atoms with E-state index >= 15 is 0 Å². The van der Waals surface area contributed by atoms with Gasteiger partial charge in [0.1, 0.15) is 5.69 Å². The molecule has 0 amide bonds. The number of Topliss-reactive ketones (excluding diaryl/α,β-unsaturated/α-hetero) is 1. The molecule has 0 aliphatic carbocycles. The molecule has 0 atom stereocenters. The van der Waals surface area contributed by atoms with Crippen LogP contribution in [0.25, 0.3) is 0 Å². The van der Waals surface area contributed by atoms with Crippen LogP contribution in [-0.2, 0) is 6.54 Å². The molecular weight excluding hydrogens is 222 g/mol. The van der Waals surface area contributed by atoms with Gasteiger partial charge in [0.2, 0.25) is 0 Å². The van der Waals surface area contributed by atoms with E-state index in [-0.39, 0.29) is 12.3 Å². The number of nitrogens with two attached hydrogens (primary N) is 1. The lowest BCUT2D eigenvalue weighted by Crippen LogP contribution is -2.18. The molecule has 1 rings (SSSR count). The zero-order chi connectivity index (χ0) is 9.14. The van der Waals surface area contributed by atoms with Crippen molar-refractivity contribution >= 4 is 21.7 Å². The predicted octanol–water partition coefficient (Wildman–Crippen LogP) is 0.807. The summed E-state index contributed by atoms with van der Waals surface area (Å²) < 4.78 is 2.33. The number of nitrogens with zero attached hydrogens (tertiary/aromatic N) is 2. The first-order valence-electron chi connectivity index (χ1n) is 3.65. The van der Waals surface area contributed by atoms with E-state index in [4.69, 9.17) is 5.73 Å². The van der Waals surface area contributed by atoms with Gasteiger partial charge in [0, 0.05) is 6.54 Å². The molecular formula is C7H10BrN3O. The van der Waals surface area contributed by atoms with Crippen molar-refractivity contribution in [2.45, 2.75) is 13.5 Å². The minimum Gasteiger partial charge on any atom is -0.324 e. The molecule has 2 N–H and O–H groups in total. The SMILES string of the molecule is CCn1ncc(Br)c1C(=O)CN. The van der Waals surface area contributed by atoms with E-state index in [1.807, 2.05) is 6.92 Å². The molecule has 1 aromatic heterocycles. The number of aryl methyl sites for hydroxylation is 1. The summed E-state index contributed by atoms with van der Waals surface area (Å²) in [6.07, 6.45) is 1.60. The molecule has 0 radical (unpaired) electrons. The molecule has 0 aliphatic rings. The van der Waals surface area contributed by atoms with Crippen molar-refractivity contribution in [3.63, 3.8) is 0 Å². The molecule has 0 spiro atoms. The summed E-state index contributed by atoms with van der Waals surface area (Å²) in [5.74, 6) is -0.0961. The topological polar surface area (TPSA) is 60.9 Å². The standard InChI is InChI=1S/C7H10BrN3O/c1-2-11-7(6(12)3-9)5(8)4-10-11/h4H,2-3,9H2,1H3. The molecule has 0 saturated heterocycles. The van der Waals surface area contributed by atoms with E-state index in [2.05, 4.69) is 21.0 Å². The number of ketones is 1. The van der Waals surface area contributed by atoms with Gasteiger partial charge in [0.15, 0.2) is 5.78 Å². The van der Waals surface area contributed by atoms with Gasteiger partial charge in [-0.3, -0.25) is 9.48 Å². The number of carbonyl (C=O) groups is 1. The number of hydrogen-bond donors (Lipinski definition) is 1. The second kappa shape index (κ2) is 3.82. The maximum absolute atomic E-state index is 11.3. The Labute approximate surface area is 78.9 Å². The third-order valence-corrected chi connectivity index (χ3v) is 2.12. The highest BCUT2D eigenvalue weighted by Crippen LogP contribution is 2.15. The summed E-state index contributed by atoms with van der Waals surface area (Å²) >= 11 is 3.24. The Kier molecular flexibility index (Phi) is 2.99. The fourth-order valence-electron chi connectivity index (χ4n) is 0.976. The summed E-state index contributed by atoms with van der Waals surface area (Å²) in [4.78, 5) is 11.3. The Hall–Kier alpha value is -0.680. The molecule has 1 heterocycles. The van der Waals surface area contributed by atoms with Gasteiger partial charge in [-0.1, -0.05) is 0 Å². The van der Waals surface area contributed by atoms with Crippen LogP contribution in [0.2, 0.25) is 0 Å². The summed E-state index contributed by atoms with van der Waals surface area (Å²) in [7, 11) is 0. The van der Waals surface area contributed by atoms with Gasteiger partial charge in [0.05, 0.1) is 17.2 Å². The van der Waals surface area contributed by atoms with Crippen LogP contribution < -0.4 is 5.73 Å². The lowest BCUT2D eigenvalue weighted by molar-refractivity contribution is 0.0990. The van der Waals surface area contributed by atoms with Gasteiger partial charge in [-0.25, -0.2) is 0 Å². The Morgan fingerprint density at radius 3 is 3.00 bits per heavy atom. The molecule has 0 saturated carbocycles. The van der Waals surface area contributed by atoms with Crippen LogP contribution in [0.1, 0.15) is 17.4 Å². The van der Waals surface area contributed by atoms with Crippen molar-refractivity contribution in [1.82, 2.24) is 9.78 Å². The highest BCUT2D eigenvalue weighted by Gasteiger charge is 2.13. The minimum atomic E-state index is -0.0961. The van der Waals surface area contributed by atoms with E-state index in [0.717, 1.165) is 0 Å². The van der Waals surface area contributed by atoms with Gasteiger partial charge in [0.25, 0.3) is 0 Å². The molecule has 4 nitrogen and oxygen atoms in total. The Balaban J connectivity index is 3.10. The fraction of sp³-hybridized carbons (Fsp3) is 0.429. The Morgan fingerprint density at radius 1 is 1.83 bits per heavy atom. The van der Waals surface area contributed by atoms with Crippen molar-refractivity contribution in [3.05, 3.63) is 16.4 Å². The highest BCUT2D eigenvalue weighted by molar-refractivity contribution is 9.10. The first-order valence-corrected chi connectivity index (χ1v) is 4.44. The third-order valence-electron chi connectivity index (χ3n) is 1.54. The van der Waals surface area contributed by atoms with Crippen molar-refractivity contribution in [3.8, 4) is 0 Å². The summed E-state index contributed by atoms with van der Waals surface area (Å²) in [6.45, 7) is 2.61.